The highest BCUT2D eigenvalue weighted by Crippen LogP contribution is 2.20. The van der Waals surface area contributed by atoms with Crippen LogP contribution in [0, 0.1) is 17.8 Å². The van der Waals surface area contributed by atoms with Gasteiger partial charge in [0, 0.05) is 42.8 Å². The maximum Gasteiger partial charge on any atom is 0.325 e. The number of rotatable bonds is 51. The zero-order valence-corrected chi connectivity index (χ0v) is 62.7. The lowest BCUT2D eigenvalue weighted by atomic mass is 9.96. The molecule has 0 spiro atoms. The Kier molecular flexibility index (Phi) is 41.1. The van der Waals surface area contributed by atoms with Crippen LogP contribution in [0.4, 0.5) is 0 Å². The minimum atomic E-state index is -1.87. The van der Waals surface area contributed by atoms with Crippen LogP contribution in [-0.4, -0.2) is 226 Å². The van der Waals surface area contributed by atoms with Gasteiger partial charge in [-0.2, -0.15) is 0 Å². The molecule has 2 aromatic carbocycles. The molecule has 36 heteroatoms. The van der Waals surface area contributed by atoms with Crippen molar-refractivity contribution in [3.05, 3.63) is 71.9 Å². The first-order valence-electron chi connectivity index (χ1n) is 36.5. The molecule has 3 aromatic rings. The van der Waals surface area contributed by atoms with Gasteiger partial charge >= 0.3 is 11.9 Å². The van der Waals surface area contributed by atoms with Gasteiger partial charge < -0.3 is 112 Å². The molecule has 36 nitrogen and oxygen atoms in total. The Bertz CT molecular complexity index is 3490. The highest BCUT2D eigenvalue weighted by Gasteiger charge is 2.38. The number of nitrogens with one attached hydrogen (secondary N) is 14. The predicted octanol–water partition coefficient (Wildman–Crippen LogP) is -3.39. The summed E-state index contributed by atoms with van der Waals surface area (Å²) in [6.45, 7) is 9.70. The summed E-state index contributed by atoms with van der Waals surface area (Å²) in [7, 11) is 0. The molecule has 0 fully saturated rings. The van der Waals surface area contributed by atoms with E-state index in [1.54, 1.807) is 102 Å². The number of aliphatic hydroxyl groups excluding tert-OH is 2. The summed E-state index contributed by atoms with van der Waals surface area (Å²) in [6, 6.07) is -2.91. The Morgan fingerprint density at radius 1 is 0.417 bits per heavy atom. The highest BCUT2D eigenvalue weighted by molar-refractivity contribution is 6.00. The number of aliphatic hydroxyl groups is 2. The number of aliphatic carboxylic acids is 2. The Labute approximate surface area is 627 Å². The second kappa shape index (κ2) is 48.2. The summed E-state index contributed by atoms with van der Waals surface area (Å²) in [4.78, 5) is 207. The van der Waals surface area contributed by atoms with Crippen LogP contribution in [0.15, 0.2) is 60.8 Å². The van der Waals surface area contributed by atoms with Crippen molar-refractivity contribution in [3.63, 3.8) is 0 Å². The summed E-state index contributed by atoms with van der Waals surface area (Å²) in [5.41, 5.74) is 19.2. The molecule has 13 amide bonds. The van der Waals surface area contributed by atoms with E-state index in [2.05, 4.69) is 81.0 Å². The first kappa shape index (κ1) is 92.0. The first-order chi connectivity index (χ1) is 51.3. The van der Waals surface area contributed by atoms with Crippen molar-refractivity contribution < 1.29 is 92.3 Å². The van der Waals surface area contributed by atoms with Crippen LogP contribution in [0.5, 0.6) is 0 Å². The van der Waals surface area contributed by atoms with Crippen molar-refractivity contribution in [2.24, 2.45) is 35.0 Å². The van der Waals surface area contributed by atoms with Crippen LogP contribution in [0.25, 0.3) is 10.9 Å². The number of fused-ring (bicyclic) bond motifs is 1. The number of aromatic nitrogens is 1. The molecule has 0 unspecified atom stereocenters. The second-order valence-electron chi connectivity index (χ2n) is 27.2. The smallest absolute Gasteiger partial charge is 0.325 e. The number of carboxylic acid groups (broad SMARTS) is 2. The first-order valence-corrected chi connectivity index (χ1v) is 36.5. The summed E-state index contributed by atoms with van der Waals surface area (Å²) in [5, 5.41) is 73.1. The third-order valence-electron chi connectivity index (χ3n) is 17.8. The van der Waals surface area contributed by atoms with E-state index in [4.69, 9.17) is 17.2 Å². The molecule has 600 valence electrons. The Hall–Kier alpha value is -10.2. The van der Waals surface area contributed by atoms with E-state index in [0.717, 1.165) is 25.7 Å². The molecule has 1 heterocycles. The number of unbranched alkanes of at least 4 members (excludes halogenated alkanes) is 4. The van der Waals surface area contributed by atoms with Crippen LogP contribution >= 0.6 is 0 Å². The quantitative estimate of drug-likeness (QED) is 0.0245. The fourth-order valence-electron chi connectivity index (χ4n) is 11.2. The molecule has 0 saturated carbocycles. The number of para-hydroxylation sites is 1. The number of carboxylic acids is 2. The van der Waals surface area contributed by atoms with Crippen LogP contribution in [0.3, 0.4) is 0 Å². The minimum Gasteiger partial charge on any atom is -0.481 e. The summed E-state index contributed by atoms with van der Waals surface area (Å²) in [5.74, 6) is -16.3. The van der Waals surface area contributed by atoms with Crippen molar-refractivity contribution in [1.29, 1.82) is 0 Å². The van der Waals surface area contributed by atoms with Gasteiger partial charge in [-0.05, 0) is 93.6 Å². The zero-order chi connectivity index (χ0) is 80.7. The predicted molar refractivity (Wildman–Crippen MR) is 396 cm³/mol. The fourth-order valence-corrected chi connectivity index (χ4v) is 11.2. The molecule has 108 heavy (non-hydrogen) atoms. The summed E-state index contributed by atoms with van der Waals surface area (Å²) >= 11 is 0. The van der Waals surface area contributed by atoms with E-state index in [-0.39, 0.29) is 70.0 Å². The molecule has 0 aliphatic carbocycles. The number of benzene rings is 2. The lowest BCUT2D eigenvalue weighted by Gasteiger charge is -2.30. The zero-order valence-electron chi connectivity index (χ0n) is 62.7. The van der Waals surface area contributed by atoms with Gasteiger partial charge in [0.25, 0.3) is 0 Å². The fraction of sp³-hybridized carbons (Fsp3) is 0.597. The molecule has 3 rings (SSSR count). The minimum absolute atomic E-state index is 0.0716. The Balaban J connectivity index is 1.85. The molecule has 0 aliphatic rings. The standard InChI is InChI=1S/C72H113N17O19/c1-9-11-12-13-17-24-55(92)87-58(39(3)4)69(104)83-48(27-30-73)61(96)77-36-56(93)79-53(37-90)67(102)85-52(34-44-35-76-46-23-19-18-22-45(44)46)66(101)86-54(38-91)68(103)82-49(28-31-74)62(97)81-50(29-32-75)63(98)84-51(33-43-20-15-14-16-21-43)65(100)80-47(25-26-57(94)95)64(99)88-59(40(5)6)70(105)89-60(41(7)10-2)71(106)78-42(8)72(107)108/h14-16,18-23,35,39-42,47-54,58-60,76,90-91H,9-13,17,24-34,36-38,73-75H2,1-8H3,(H,77,96)(H,78,106)(H,79,93)(H,80,100)(H,81,97)(H,82,103)(H,83,104)(H,84,98)(H,85,102)(H,86,101)(H,87,92)(H,88,99)(H,89,105)(H,94,95)(H,107,108)/t41-,42-,47-,48-,49-,50+,51-,52+,53+,54-,58+,59-,60+/m0/s1. The number of H-pyrrole nitrogens is 1. The molecular formula is C72H113N17O19. The number of carbonyl (C=O) groups is 15. The molecule has 0 radical (unpaired) electrons. The third-order valence-corrected chi connectivity index (χ3v) is 17.8. The van der Waals surface area contributed by atoms with E-state index >= 15 is 0 Å². The molecule has 0 saturated heterocycles. The highest BCUT2D eigenvalue weighted by atomic mass is 16.4. The van der Waals surface area contributed by atoms with E-state index in [1.807, 2.05) is 0 Å². The molecule has 13 atom stereocenters. The number of hydrogen-bond donors (Lipinski definition) is 21. The normalized spacial score (nSPS) is 14.8. The van der Waals surface area contributed by atoms with Gasteiger partial charge in [-0.15, -0.1) is 0 Å². The lowest BCUT2D eigenvalue weighted by Crippen LogP contribution is -2.62. The number of hydrogen-bond acceptors (Lipinski definition) is 20. The van der Waals surface area contributed by atoms with Crippen LogP contribution in [0.1, 0.15) is 144 Å². The van der Waals surface area contributed by atoms with Gasteiger partial charge in [0.1, 0.15) is 72.5 Å². The summed E-state index contributed by atoms with van der Waals surface area (Å²) < 4.78 is 0. The number of carbonyl (C=O) groups excluding carboxylic acids is 13. The van der Waals surface area contributed by atoms with Crippen molar-refractivity contribution >= 4 is 99.6 Å². The number of nitrogens with two attached hydrogens (primary N) is 3. The van der Waals surface area contributed by atoms with Gasteiger partial charge in [-0.3, -0.25) is 71.9 Å². The van der Waals surface area contributed by atoms with Crippen molar-refractivity contribution in [3.8, 4) is 0 Å². The largest absolute Gasteiger partial charge is 0.481 e. The van der Waals surface area contributed by atoms with Crippen LogP contribution in [0.2, 0.25) is 0 Å². The lowest BCUT2D eigenvalue weighted by molar-refractivity contribution is -0.142. The Morgan fingerprint density at radius 3 is 1.36 bits per heavy atom. The van der Waals surface area contributed by atoms with E-state index in [9.17, 15) is 92.3 Å². The SMILES string of the molecule is CCCCCCCC(=O)N[C@@H](C(=O)N[C@@H](CCN)C(=O)NCC(=O)N[C@H](CO)C(=O)N[C@H](Cc1c[nH]c2ccccc12)C(=O)N[C@@H](CO)C(=O)N[C@@H](CCN)C(=O)N[C@H](CCN)C(=O)N[C@@H](Cc1ccccc1)C(=O)N[C@@H](CCC(=O)O)C(=O)N[C@H](C(=O)N[C@@H](C(=O)N[C@@H](C)C(=O)O)[C@@H](C)CC)C(C)C)C(C)C. The maximum absolute atomic E-state index is 14.5. The van der Waals surface area contributed by atoms with Crippen LogP contribution < -0.4 is 86.3 Å². The van der Waals surface area contributed by atoms with Gasteiger partial charge in [0.15, 0.2) is 0 Å². The maximum atomic E-state index is 14.5. The van der Waals surface area contributed by atoms with Crippen molar-refractivity contribution in [2.45, 2.75) is 218 Å². The number of amides is 13. The van der Waals surface area contributed by atoms with Gasteiger partial charge in [0.05, 0.1) is 19.8 Å². The third kappa shape index (κ3) is 31.3. The van der Waals surface area contributed by atoms with Gasteiger partial charge in [-0.1, -0.05) is 129 Å². The Morgan fingerprint density at radius 2 is 0.843 bits per heavy atom. The molecule has 0 bridgehead atoms. The second-order valence-corrected chi connectivity index (χ2v) is 27.2. The van der Waals surface area contributed by atoms with Crippen molar-refractivity contribution in [1.82, 2.24) is 74.1 Å². The molecule has 1 aromatic heterocycles. The number of aromatic amines is 1. The topological polar surface area (TPSA) is 587 Å². The average molecular weight is 1520 g/mol. The van der Waals surface area contributed by atoms with E-state index < -0.39 is 200 Å². The van der Waals surface area contributed by atoms with Crippen LogP contribution in [-0.2, 0) is 84.8 Å². The van der Waals surface area contributed by atoms with E-state index in [1.165, 1.54) is 6.92 Å². The summed E-state index contributed by atoms with van der Waals surface area (Å²) in [6.07, 6.45) is 4.16. The molecule has 24 N–H and O–H groups in total. The van der Waals surface area contributed by atoms with E-state index in [0.29, 0.717) is 34.9 Å². The molecular weight excluding hydrogens is 1410 g/mol. The average Bonchev–Trinajstić information content (AvgIpc) is 1.72. The monoisotopic (exact) mass is 1520 g/mol. The van der Waals surface area contributed by atoms with Gasteiger partial charge in [0.2, 0.25) is 76.8 Å². The molecule has 0 aliphatic heterocycles. The van der Waals surface area contributed by atoms with Gasteiger partial charge in [-0.25, -0.2) is 0 Å². The van der Waals surface area contributed by atoms with Crippen molar-refractivity contribution in [2.75, 3.05) is 39.4 Å².